The van der Waals surface area contributed by atoms with Crippen LogP contribution in [0.2, 0.25) is 0 Å². The van der Waals surface area contributed by atoms with Gasteiger partial charge in [-0.3, -0.25) is 4.79 Å². The molecule has 0 aliphatic rings. The highest BCUT2D eigenvalue weighted by Crippen LogP contribution is 2.17. The van der Waals surface area contributed by atoms with Gasteiger partial charge in [0.25, 0.3) is 0 Å². The molecule has 1 unspecified atom stereocenters. The lowest BCUT2D eigenvalue weighted by atomic mass is 9.98. The zero-order valence-electron chi connectivity index (χ0n) is 33.6. The van der Waals surface area contributed by atoms with Crippen molar-refractivity contribution in [2.24, 2.45) is 5.92 Å². The van der Waals surface area contributed by atoms with Gasteiger partial charge in [-0.15, -0.1) is 0 Å². The summed E-state index contributed by atoms with van der Waals surface area (Å²) in [5, 5.41) is 0. The summed E-state index contributed by atoms with van der Waals surface area (Å²) in [5.74, 6) is 0.942. The molecule has 0 amide bonds. The van der Waals surface area contributed by atoms with Crippen molar-refractivity contribution >= 4 is 5.97 Å². The number of esters is 1. The third-order valence-corrected chi connectivity index (χ3v) is 10.5. The van der Waals surface area contributed by atoms with Gasteiger partial charge in [0, 0.05) is 6.42 Å². The average molecular weight is 675 g/mol. The second kappa shape index (κ2) is 42.4. The van der Waals surface area contributed by atoms with E-state index in [1.54, 1.807) is 0 Å². The quantitative estimate of drug-likeness (QED) is 0.0366. The molecule has 0 aromatic rings. The highest BCUT2D eigenvalue weighted by atomic mass is 16.5. The number of hydrogen-bond donors (Lipinski definition) is 0. The zero-order chi connectivity index (χ0) is 34.9. The van der Waals surface area contributed by atoms with Crippen molar-refractivity contribution in [3.8, 4) is 0 Å². The molecule has 2 nitrogen and oxygen atoms in total. The molecule has 1 atom stereocenters. The molecule has 0 aliphatic carbocycles. The Kier molecular flexibility index (Phi) is 41.7. The molecule has 0 saturated heterocycles. The first kappa shape index (κ1) is 47.2. The summed E-state index contributed by atoms with van der Waals surface area (Å²) >= 11 is 0. The van der Waals surface area contributed by atoms with E-state index in [1.807, 2.05) is 0 Å². The lowest BCUT2D eigenvalue weighted by Gasteiger charge is -2.08. The first-order chi connectivity index (χ1) is 23.7. The molecule has 286 valence electrons. The lowest BCUT2D eigenvalue weighted by molar-refractivity contribution is -0.143. The van der Waals surface area contributed by atoms with Crippen LogP contribution in [0, 0.1) is 5.92 Å². The SMILES string of the molecule is CCCCCCCCCCCCCCCCCCCCCOC(=O)CCCCCCCCCCCCCC=CCCCC(C)CCCC. The van der Waals surface area contributed by atoms with E-state index in [0.717, 1.165) is 18.8 Å². The Balaban J connectivity index is 3.20. The second-order valence-corrected chi connectivity index (χ2v) is 15.7. The van der Waals surface area contributed by atoms with Gasteiger partial charge in [-0.2, -0.15) is 0 Å². The molecule has 0 saturated carbocycles. The number of rotatable bonds is 41. The normalized spacial score (nSPS) is 12.3. The van der Waals surface area contributed by atoms with Crippen LogP contribution < -0.4 is 0 Å². The van der Waals surface area contributed by atoms with Gasteiger partial charge in [0.2, 0.25) is 0 Å². The maximum atomic E-state index is 12.0. The van der Waals surface area contributed by atoms with Gasteiger partial charge >= 0.3 is 5.97 Å². The van der Waals surface area contributed by atoms with E-state index in [0.29, 0.717) is 13.0 Å². The first-order valence-corrected chi connectivity index (χ1v) is 22.5. The maximum absolute atomic E-state index is 12.0. The summed E-state index contributed by atoms with van der Waals surface area (Å²) in [6.45, 7) is 7.65. The van der Waals surface area contributed by atoms with E-state index in [1.165, 1.54) is 225 Å². The fourth-order valence-electron chi connectivity index (χ4n) is 7.08. The highest BCUT2D eigenvalue weighted by molar-refractivity contribution is 5.69. The molecule has 0 spiro atoms. The van der Waals surface area contributed by atoms with Gasteiger partial charge in [0.05, 0.1) is 6.61 Å². The molecule has 0 heterocycles. The summed E-state index contributed by atoms with van der Waals surface area (Å²) < 4.78 is 5.48. The third kappa shape index (κ3) is 41.4. The van der Waals surface area contributed by atoms with Gasteiger partial charge in [0.15, 0.2) is 0 Å². The van der Waals surface area contributed by atoms with Crippen LogP contribution in [0.15, 0.2) is 12.2 Å². The molecule has 0 rings (SSSR count). The van der Waals surface area contributed by atoms with E-state index < -0.39 is 0 Å². The Morgan fingerprint density at radius 3 is 1.19 bits per heavy atom. The minimum absolute atomic E-state index is 0.0281. The molecule has 0 aromatic carbocycles. The van der Waals surface area contributed by atoms with Crippen molar-refractivity contribution in [2.45, 2.75) is 265 Å². The Morgan fingerprint density at radius 2 is 0.750 bits per heavy atom. The van der Waals surface area contributed by atoms with E-state index in [4.69, 9.17) is 4.74 Å². The van der Waals surface area contributed by atoms with E-state index in [-0.39, 0.29) is 5.97 Å². The largest absolute Gasteiger partial charge is 0.466 e. The van der Waals surface area contributed by atoms with Crippen LogP contribution in [0.1, 0.15) is 265 Å². The Hall–Kier alpha value is -0.790. The summed E-state index contributed by atoms with van der Waals surface area (Å²) in [6, 6.07) is 0. The van der Waals surface area contributed by atoms with Gasteiger partial charge in [0.1, 0.15) is 0 Å². The van der Waals surface area contributed by atoms with Crippen molar-refractivity contribution in [1.82, 2.24) is 0 Å². The van der Waals surface area contributed by atoms with Crippen molar-refractivity contribution in [2.75, 3.05) is 6.61 Å². The van der Waals surface area contributed by atoms with Gasteiger partial charge in [-0.25, -0.2) is 0 Å². The Bertz CT molecular complexity index is 626. The summed E-state index contributed by atoms with van der Waals surface area (Å²) in [4.78, 5) is 12.0. The van der Waals surface area contributed by atoms with E-state index in [2.05, 4.69) is 32.9 Å². The number of carbonyl (C=O) groups is 1. The molecule has 0 fully saturated rings. The van der Waals surface area contributed by atoms with Crippen molar-refractivity contribution in [1.29, 1.82) is 0 Å². The van der Waals surface area contributed by atoms with Crippen LogP contribution in [0.4, 0.5) is 0 Å². The van der Waals surface area contributed by atoms with Crippen LogP contribution in [-0.2, 0) is 9.53 Å². The summed E-state index contributed by atoms with van der Waals surface area (Å²) in [7, 11) is 0. The molecule has 0 N–H and O–H groups in total. The molecule has 0 aromatic heterocycles. The maximum Gasteiger partial charge on any atom is 0.305 e. The molecular weight excluding hydrogens is 585 g/mol. The van der Waals surface area contributed by atoms with Gasteiger partial charge in [-0.05, 0) is 44.4 Å². The minimum Gasteiger partial charge on any atom is -0.466 e. The first-order valence-electron chi connectivity index (χ1n) is 22.5. The fraction of sp³-hybridized carbons (Fsp3) is 0.935. The second-order valence-electron chi connectivity index (χ2n) is 15.7. The monoisotopic (exact) mass is 675 g/mol. The van der Waals surface area contributed by atoms with Crippen molar-refractivity contribution in [3.05, 3.63) is 12.2 Å². The topological polar surface area (TPSA) is 26.3 Å². The predicted octanol–water partition coefficient (Wildman–Crippen LogP) is 16.6. The molecule has 0 aliphatic heterocycles. The molecule has 0 bridgehead atoms. The average Bonchev–Trinajstić information content (AvgIpc) is 3.09. The Morgan fingerprint density at radius 1 is 0.417 bits per heavy atom. The number of ether oxygens (including phenoxy) is 1. The highest BCUT2D eigenvalue weighted by Gasteiger charge is 2.03. The Labute approximate surface area is 304 Å². The van der Waals surface area contributed by atoms with Crippen LogP contribution >= 0.6 is 0 Å². The predicted molar refractivity (Wildman–Crippen MR) is 216 cm³/mol. The third-order valence-electron chi connectivity index (χ3n) is 10.5. The fourth-order valence-corrected chi connectivity index (χ4v) is 7.08. The summed E-state index contributed by atoms with van der Waals surface area (Å²) in [6.07, 6.45) is 55.9. The van der Waals surface area contributed by atoms with Crippen LogP contribution in [0.25, 0.3) is 0 Å². The van der Waals surface area contributed by atoms with Crippen LogP contribution in [0.5, 0.6) is 0 Å². The van der Waals surface area contributed by atoms with Gasteiger partial charge < -0.3 is 4.74 Å². The van der Waals surface area contributed by atoms with Crippen LogP contribution in [0.3, 0.4) is 0 Å². The van der Waals surface area contributed by atoms with E-state index in [9.17, 15) is 4.79 Å². The van der Waals surface area contributed by atoms with Gasteiger partial charge in [-0.1, -0.05) is 232 Å². The van der Waals surface area contributed by atoms with Crippen LogP contribution in [-0.4, -0.2) is 12.6 Å². The molecule has 0 radical (unpaired) electrons. The number of hydrogen-bond acceptors (Lipinski definition) is 2. The molecule has 2 heteroatoms. The lowest BCUT2D eigenvalue weighted by Crippen LogP contribution is -2.05. The molecule has 48 heavy (non-hydrogen) atoms. The summed E-state index contributed by atoms with van der Waals surface area (Å²) in [5.41, 5.74) is 0. The minimum atomic E-state index is 0.0281. The number of unbranched alkanes of at least 4 members (excludes halogenated alkanes) is 31. The van der Waals surface area contributed by atoms with Crippen molar-refractivity contribution < 1.29 is 9.53 Å². The smallest absolute Gasteiger partial charge is 0.305 e. The number of carbonyl (C=O) groups excluding carboxylic acids is 1. The standard InChI is InChI=1S/C46H90O2/c1-4-6-8-9-10-11-12-13-14-15-16-19-22-25-28-31-34-37-40-44-48-46(47)43-39-36-33-30-27-24-21-18-17-20-23-26-29-32-35-38-42-45(3)41-7-5-2/h29,32,45H,4-28,30-31,33-44H2,1-3H3. The van der Waals surface area contributed by atoms with E-state index >= 15 is 0 Å². The molecular formula is C46H90O2. The zero-order valence-corrected chi connectivity index (χ0v) is 33.6. The van der Waals surface area contributed by atoms with Crippen molar-refractivity contribution in [3.63, 3.8) is 0 Å². The number of allylic oxidation sites excluding steroid dienone is 2.